The van der Waals surface area contributed by atoms with Gasteiger partial charge in [0.05, 0.1) is 26.1 Å². The molecule has 6 nitrogen and oxygen atoms in total. The molecule has 6 heteroatoms. The number of carbonyl (C=O) groups excluding carboxylic acids is 3. The molecule has 0 bridgehead atoms. The summed E-state index contributed by atoms with van der Waals surface area (Å²) >= 11 is 0. The smallest absolute Gasteiger partial charge is 0.307 e. The van der Waals surface area contributed by atoms with Crippen LogP contribution in [0.3, 0.4) is 0 Å². The third-order valence-electron chi connectivity index (χ3n) is 3.51. The lowest BCUT2D eigenvalue weighted by molar-refractivity contribution is -0.141. The number of benzene rings is 1. The van der Waals surface area contributed by atoms with E-state index < -0.39 is 12.0 Å². The van der Waals surface area contributed by atoms with Gasteiger partial charge in [-0.05, 0) is 18.4 Å². The van der Waals surface area contributed by atoms with Crippen LogP contribution in [0.2, 0.25) is 0 Å². The molecule has 1 atom stereocenters. The zero-order chi connectivity index (χ0) is 15.9. The predicted molar refractivity (Wildman–Crippen MR) is 79.7 cm³/mol. The number of hydrogen-bond donors (Lipinski definition) is 2. The summed E-state index contributed by atoms with van der Waals surface area (Å²) in [6.07, 6.45) is 1.83. The van der Waals surface area contributed by atoms with Gasteiger partial charge in [-0.25, -0.2) is 0 Å². The molecule has 22 heavy (non-hydrogen) atoms. The van der Waals surface area contributed by atoms with E-state index in [1.54, 1.807) is 0 Å². The van der Waals surface area contributed by atoms with Crippen molar-refractivity contribution in [3.05, 3.63) is 35.9 Å². The molecule has 0 aromatic heterocycles. The Bertz CT molecular complexity index is 540. The van der Waals surface area contributed by atoms with Gasteiger partial charge in [-0.1, -0.05) is 30.3 Å². The lowest BCUT2D eigenvalue weighted by Crippen LogP contribution is -2.39. The van der Waals surface area contributed by atoms with Crippen LogP contribution < -0.4 is 10.6 Å². The number of hydrogen-bond acceptors (Lipinski definition) is 4. The van der Waals surface area contributed by atoms with E-state index in [4.69, 9.17) is 0 Å². The number of amides is 2. The molecule has 2 N–H and O–H groups in total. The first kappa shape index (κ1) is 16.0. The lowest BCUT2D eigenvalue weighted by Gasteiger charge is -2.18. The maximum Gasteiger partial charge on any atom is 0.307 e. The zero-order valence-electron chi connectivity index (χ0n) is 12.5. The molecule has 1 fully saturated rings. The summed E-state index contributed by atoms with van der Waals surface area (Å²) in [5.74, 6) is -0.755. The Morgan fingerprint density at radius 2 is 1.91 bits per heavy atom. The fraction of sp³-hybridized carbons (Fsp3) is 0.438. The SMILES string of the molecule is COC(=O)CC(NC(=O)CNC(=O)C1CC1)c1ccccc1. The zero-order valence-corrected chi connectivity index (χ0v) is 12.5. The molecular weight excluding hydrogens is 284 g/mol. The fourth-order valence-corrected chi connectivity index (χ4v) is 2.09. The van der Waals surface area contributed by atoms with E-state index in [1.165, 1.54) is 7.11 Å². The number of carbonyl (C=O) groups is 3. The average molecular weight is 304 g/mol. The molecule has 2 amide bonds. The van der Waals surface area contributed by atoms with Crippen LogP contribution in [-0.2, 0) is 19.1 Å². The highest BCUT2D eigenvalue weighted by Crippen LogP contribution is 2.28. The highest BCUT2D eigenvalue weighted by atomic mass is 16.5. The Kier molecular flexibility index (Phi) is 5.52. The third-order valence-corrected chi connectivity index (χ3v) is 3.51. The minimum absolute atomic E-state index is 0.0445. The molecule has 1 unspecified atom stereocenters. The van der Waals surface area contributed by atoms with Gasteiger partial charge in [0, 0.05) is 5.92 Å². The minimum atomic E-state index is -0.473. The molecule has 1 aromatic carbocycles. The first-order valence-corrected chi connectivity index (χ1v) is 7.29. The van der Waals surface area contributed by atoms with Crippen molar-refractivity contribution < 1.29 is 19.1 Å². The Hall–Kier alpha value is -2.37. The van der Waals surface area contributed by atoms with Gasteiger partial charge in [-0.2, -0.15) is 0 Å². The molecular formula is C16H20N2O4. The van der Waals surface area contributed by atoms with Crippen LogP contribution >= 0.6 is 0 Å². The van der Waals surface area contributed by atoms with Gasteiger partial charge in [0.2, 0.25) is 11.8 Å². The monoisotopic (exact) mass is 304 g/mol. The van der Waals surface area contributed by atoms with Crippen molar-refractivity contribution >= 4 is 17.8 Å². The molecule has 1 aliphatic rings. The summed E-state index contributed by atoms with van der Waals surface area (Å²) in [6, 6.07) is 8.71. The van der Waals surface area contributed by atoms with Crippen LogP contribution in [0.25, 0.3) is 0 Å². The Labute approximate surface area is 129 Å². The quantitative estimate of drug-likeness (QED) is 0.734. The number of rotatable bonds is 7. The Morgan fingerprint density at radius 1 is 1.23 bits per heavy atom. The van der Waals surface area contributed by atoms with Gasteiger partial charge >= 0.3 is 5.97 Å². The van der Waals surface area contributed by atoms with Gasteiger partial charge in [-0.3, -0.25) is 14.4 Å². The van der Waals surface area contributed by atoms with E-state index >= 15 is 0 Å². The molecule has 0 aliphatic heterocycles. The summed E-state index contributed by atoms with van der Waals surface area (Å²) in [6.45, 7) is -0.0835. The summed E-state index contributed by atoms with van der Waals surface area (Å²) in [4.78, 5) is 35.0. The predicted octanol–water partition coefficient (Wildman–Crippen LogP) is 0.933. The summed E-state index contributed by atoms with van der Waals surface area (Å²) in [5, 5.41) is 5.36. The van der Waals surface area contributed by atoms with Gasteiger partial charge in [-0.15, -0.1) is 0 Å². The number of ether oxygens (including phenoxy) is 1. The van der Waals surface area contributed by atoms with Crippen molar-refractivity contribution in [3.63, 3.8) is 0 Å². The molecule has 0 radical (unpaired) electrons. The first-order valence-electron chi connectivity index (χ1n) is 7.29. The first-order chi connectivity index (χ1) is 10.6. The number of esters is 1. The van der Waals surface area contributed by atoms with Crippen LogP contribution in [0, 0.1) is 5.92 Å². The Balaban J connectivity index is 1.91. The van der Waals surface area contributed by atoms with Crippen molar-refractivity contribution in [3.8, 4) is 0 Å². The summed E-state index contributed by atoms with van der Waals surface area (Å²) in [5.41, 5.74) is 0.815. The highest BCUT2D eigenvalue weighted by molar-refractivity contribution is 5.87. The van der Waals surface area contributed by atoms with Crippen molar-refractivity contribution in [2.45, 2.75) is 25.3 Å². The van der Waals surface area contributed by atoms with Crippen LogP contribution in [0.15, 0.2) is 30.3 Å². The average Bonchev–Trinajstić information content (AvgIpc) is 3.37. The van der Waals surface area contributed by atoms with E-state index in [2.05, 4.69) is 15.4 Å². The van der Waals surface area contributed by atoms with E-state index in [-0.39, 0.29) is 30.7 Å². The van der Waals surface area contributed by atoms with Crippen molar-refractivity contribution in [1.29, 1.82) is 0 Å². The van der Waals surface area contributed by atoms with Crippen molar-refractivity contribution in [2.24, 2.45) is 5.92 Å². The molecule has 0 saturated heterocycles. The van der Waals surface area contributed by atoms with Crippen LogP contribution in [-0.4, -0.2) is 31.4 Å². The highest BCUT2D eigenvalue weighted by Gasteiger charge is 2.29. The van der Waals surface area contributed by atoms with E-state index in [9.17, 15) is 14.4 Å². The van der Waals surface area contributed by atoms with E-state index in [0.717, 1.165) is 18.4 Å². The molecule has 1 aromatic rings. The van der Waals surface area contributed by atoms with E-state index in [1.807, 2.05) is 30.3 Å². The summed E-state index contributed by atoms with van der Waals surface area (Å²) in [7, 11) is 1.31. The second kappa shape index (κ2) is 7.59. The Morgan fingerprint density at radius 3 is 2.50 bits per heavy atom. The normalized spacial score (nSPS) is 14.8. The van der Waals surface area contributed by atoms with Crippen LogP contribution in [0.5, 0.6) is 0 Å². The van der Waals surface area contributed by atoms with Crippen molar-refractivity contribution in [1.82, 2.24) is 10.6 Å². The molecule has 2 rings (SSSR count). The maximum atomic E-state index is 12.0. The number of nitrogens with one attached hydrogen (secondary N) is 2. The molecule has 0 heterocycles. The van der Waals surface area contributed by atoms with Gasteiger partial charge in [0.25, 0.3) is 0 Å². The second-order valence-electron chi connectivity index (χ2n) is 5.30. The van der Waals surface area contributed by atoms with Crippen LogP contribution in [0.4, 0.5) is 0 Å². The topological polar surface area (TPSA) is 84.5 Å². The number of methoxy groups -OCH3 is 1. The van der Waals surface area contributed by atoms with Crippen LogP contribution in [0.1, 0.15) is 30.9 Å². The standard InChI is InChI=1S/C16H20N2O4/c1-22-15(20)9-13(11-5-3-2-4-6-11)18-14(19)10-17-16(21)12-7-8-12/h2-6,12-13H,7-10H2,1H3,(H,17,21)(H,18,19). The molecule has 0 spiro atoms. The van der Waals surface area contributed by atoms with Gasteiger partial charge in [0.1, 0.15) is 0 Å². The second-order valence-corrected chi connectivity index (χ2v) is 5.30. The summed E-state index contributed by atoms with van der Waals surface area (Å²) < 4.78 is 4.66. The van der Waals surface area contributed by atoms with Gasteiger partial charge in [0.15, 0.2) is 0 Å². The molecule has 1 saturated carbocycles. The maximum absolute atomic E-state index is 12.0. The lowest BCUT2D eigenvalue weighted by atomic mass is 10.0. The van der Waals surface area contributed by atoms with E-state index in [0.29, 0.717) is 0 Å². The molecule has 118 valence electrons. The fourth-order valence-electron chi connectivity index (χ4n) is 2.09. The largest absolute Gasteiger partial charge is 0.469 e. The third kappa shape index (κ3) is 4.87. The minimum Gasteiger partial charge on any atom is -0.469 e. The van der Waals surface area contributed by atoms with Crippen molar-refractivity contribution in [2.75, 3.05) is 13.7 Å². The molecule has 1 aliphatic carbocycles. The van der Waals surface area contributed by atoms with Gasteiger partial charge < -0.3 is 15.4 Å².